The molecule has 0 spiro atoms. The number of cyclic esters (lactones) is 1. The Morgan fingerprint density at radius 2 is 1.79 bits per heavy atom. The summed E-state index contributed by atoms with van der Waals surface area (Å²) in [6.07, 6.45) is 18.8. The maximum absolute atomic E-state index is 12.2. The van der Waals surface area contributed by atoms with Crippen molar-refractivity contribution < 1.29 is 28.5 Å². The predicted octanol–water partition coefficient (Wildman–Crippen LogP) is 7.44. The van der Waals surface area contributed by atoms with Gasteiger partial charge in [-0.05, 0) is 71.4 Å². The first-order valence-electron chi connectivity index (χ1n) is 13.6. The fourth-order valence-corrected chi connectivity index (χ4v) is 4.56. The van der Waals surface area contributed by atoms with Crippen LogP contribution < -0.4 is 0 Å². The van der Waals surface area contributed by atoms with Crippen molar-refractivity contribution in [3.63, 3.8) is 0 Å². The Bertz CT molecular complexity index is 1020. The minimum absolute atomic E-state index is 0.0662. The van der Waals surface area contributed by atoms with E-state index in [1.807, 2.05) is 58.9 Å². The van der Waals surface area contributed by atoms with Gasteiger partial charge in [0.1, 0.15) is 0 Å². The first-order valence-corrected chi connectivity index (χ1v) is 13.6. The number of hydrogen-bond donors (Lipinski definition) is 0. The molecule has 1 aromatic rings. The molecule has 6 nitrogen and oxygen atoms in total. The Hall–Kier alpha value is -2.51. The van der Waals surface area contributed by atoms with Crippen molar-refractivity contribution in [3.05, 3.63) is 84.0 Å². The molecule has 2 heterocycles. The number of hydrogen-bond acceptors (Lipinski definition) is 6. The van der Waals surface area contributed by atoms with Gasteiger partial charge in [0.25, 0.3) is 0 Å². The van der Waals surface area contributed by atoms with Gasteiger partial charge in [-0.15, -0.1) is 0 Å². The van der Waals surface area contributed by atoms with Gasteiger partial charge >= 0.3 is 5.97 Å². The number of benzene rings is 1. The van der Waals surface area contributed by atoms with Gasteiger partial charge in [-0.3, -0.25) is 0 Å². The number of fused-ring (bicyclic) bond motifs is 5. The lowest BCUT2D eigenvalue weighted by Gasteiger charge is -2.40. The zero-order valence-electron chi connectivity index (χ0n) is 23.7. The van der Waals surface area contributed by atoms with Crippen LogP contribution in [-0.2, 0) is 28.5 Å². The molecule has 2 aliphatic heterocycles. The molecule has 0 aliphatic carbocycles. The minimum Gasteiger partial charge on any atom is -0.460 e. The van der Waals surface area contributed by atoms with Crippen molar-refractivity contribution in [2.24, 2.45) is 0 Å². The Balaban J connectivity index is 1.91. The summed E-state index contributed by atoms with van der Waals surface area (Å²) in [4.78, 5) is 12.2. The summed E-state index contributed by atoms with van der Waals surface area (Å²) in [7, 11) is 1.64. The molecule has 1 fully saturated rings. The molecule has 0 N–H and O–H groups in total. The van der Waals surface area contributed by atoms with E-state index in [0.29, 0.717) is 6.42 Å². The van der Waals surface area contributed by atoms with Gasteiger partial charge in [-0.25, -0.2) is 4.79 Å². The van der Waals surface area contributed by atoms with Crippen molar-refractivity contribution in [1.29, 1.82) is 0 Å². The minimum atomic E-state index is -0.768. The van der Waals surface area contributed by atoms with Crippen molar-refractivity contribution in [3.8, 4) is 0 Å². The summed E-state index contributed by atoms with van der Waals surface area (Å²) >= 11 is 0. The number of esters is 1. The Morgan fingerprint density at radius 3 is 2.58 bits per heavy atom. The van der Waals surface area contributed by atoms with Gasteiger partial charge in [0, 0.05) is 19.6 Å². The number of rotatable bonds is 3. The number of ether oxygens (including phenoxy) is 5. The molecule has 3 rings (SSSR count). The Labute approximate surface area is 228 Å². The third-order valence-corrected chi connectivity index (χ3v) is 6.58. The van der Waals surface area contributed by atoms with Crippen LogP contribution in [0, 0.1) is 0 Å². The molecular formula is C32H44O6. The maximum Gasteiger partial charge on any atom is 0.331 e. The third-order valence-electron chi connectivity index (χ3n) is 6.58. The lowest BCUT2D eigenvalue weighted by Crippen LogP contribution is -2.40. The molecule has 4 atom stereocenters. The Morgan fingerprint density at radius 1 is 1.03 bits per heavy atom. The highest BCUT2D eigenvalue weighted by atomic mass is 16.7. The molecule has 0 saturated carbocycles. The summed E-state index contributed by atoms with van der Waals surface area (Å²) in [6.45, 7) is 9.65. The third kappa shape index (κ3) is 9.99. The molecular weight excluding hydrogens is 480 g/mol. The van der Waals surface area contributed by atoms with Crippen LogP contribution >= 0.6 is 0 Å². The second kappa shape index (κ2) is 14.0. The van der Waals surface area contributed by atoms with Crippen LogP contribution in [0.3, 0.4) is 0 Å². The molecule has 0 aromatic heterocycles. The molecule has 208 valence electrons. The van der Waals surface area contributed by atoms with E-state index < -0.39 is 11.6 Å². The zero-order valence-corrected chi connectivity index (χ0v) is 23.7. The van der Waals surface area contributed by atoms with E-state index in [-0.39, 0.29) is 30.4 Å². The van der Waals surface area contributed by atoms with Gasteiger partial charge in [0.2, 0.25) is 0 Å². The average Bonchev–Trinajstić information content (AvgIpc) is 2.86. The van der Waals surface area contributed by atoms with Crippen LogP contribution in [0.5, 0.6) is 0 Å². The SMILES string of the molecule is COC(C)(C)O[C@H]1C/C=C/C=C/C(=O)O[C@H](C)CCC/C=C/C=C/[C@H]2C[C@@H](OC(C)(C)O2)c2cccc1c2. The molecule has 38 heavy (non-hydrogen) atoms. The number of carbonyl (C=O) groups excluding carboxylic acids is 1. The predicted molar refractivity (Wildman–Crippen MR) is 149 cm³/mol. The molecule has 0 unspecified atom stereocenters. The number of methoxy groups -OCH3 is 1. The average molecular weight is 525 g/mol. The largest absolute Gasteiger partial charge is 0.460 e. The highest BCUT2D eigenvalue weighted by Crippen LogP contribution is 2.38. The van der Waals surface area contributed by atoms with E-state index in [2.05, 4.69) is 36.4 Å². The molecule has 6 heteroatoms. The van der Waals surface area contributed by atoms with Crippen LogP contribution in [0.1, 0.15) is 90.1 Å². The number of allylic oxidation sites excluding steroid dienone is 5. The standard InChI is InChI=1S/C32H44O6/c1-24-16-11-8-7-9-12-19-27-23-29(38-32(4,5)36-27)26-18-15-17-25(22-26)28(37-31(2,3)34-6)20-13-10-14-21-30(33)35-24/h7,9-10,12-15,17-19,21-22,24,27-29H,8,11,16,20,23H2,1-6H3/b9-7+,13-10+,19-12+,21-14+/t24-,27+,28+,29-/m1/s1. The monoisotopic (exact) mass is 524 g/mol. The fraction of sp³-hybridized carbons (Fsp3) is 0.531. The summed E-state index contributed by atoms with van der Waals surface area (Å²) in [5, 5.41) is 0. The first kappa shape index (κ1) is 30.0. The molecule has 2 aliphatic rings. The molecule has 0 amide bonds. The summed E-state index contributed by atoms with van der Waals surface area (Å²) in [6, 6.07) is 8.35. The second-order valence-corrected chi connectivity index (χ2v) is 10.8. The molecule has 1 saturated heterocycles. The van der Waals surface area contributed by atoms with E-state index in [1.54, 1.807) is 13.2 Å². The van der Waals surface area contributed by atoms with Crippen molar-refractivity contribution >= 4 is 5.97 Å². The van der Waals surface area contributed by atoms with Gasteiger partial charge in [-0.2, -0.15) is 0 Å². The van der Waals surface area contributed by atoms with Gasteiger partial charge in [0.15, 0.2) is 11.6 Å². The van der Waals surface area contributed by atoms with E-state index >= 15 is 0 Å². The normalized spacial score (nSPS) is 30.6. The Kier molecular flexibility index (Phi) is 11.1. The van der Waals surface area contributed by atoms with Crippen LogP contribution in [-0.4, -0.2) is 36.9 Å². The van der Waals surface area contributed by atoms with Crippen LogP contribution in [0.15, 0.2) is 72.9 Å². The van der Waals surface area contributed by atoms with Crippen LogP contribution in [0.25, 0.3) is 0 Å². The number of carbonyl (C=O) groups is 1. The summed E-state index contributed by atoms with van der Waals surface area (Å²) < 4.78 is 30.0. The van der Waals surface area contributed by atoms with Crippen LogP contribution in [0.4, 0.5) is 0 Å². The van der Waals surface area contributed by atoms with Crippen molar-refractivity contribution in [2.75, 3.05) is 7.11 Å². The van der Waals surface area contributed by atoms with Gasteiger partial charge in [0.05, 0.1) is 24.4 Å². The zero-order chi connectivity index (χ0) is 27.6. The maximum atomic E-state index is 12.2. The van der Waals surface area contributed by atoms with E-state index in [0.717, 1.165) is 36.8 Å². The van der Waals surface area contributed by atoms with Gasteiger partial charge in [-0.1, -0.05) is 66.8 Å². The van der Waals surface area contributed by atoms with Gasteiger partial charge < -0.3 is 23.7 Å². The van der Waals surface area contributed by atoms with Crippen LogP contribution in [0.2, 0.25) is 0 Å². The highest BCUT2D eigenvalue weighted by Gasteiger charge is 2.35. The first-order chi connectivity index (χ1) is 18.1. The van der Waals surface area contributed by atoms with E-state index in [1.165, 1.54) is 6.08 Å². The fourth-order valence-electron chi connectivity index (χ4n) is 4.56. The smallest absolute Gasteiger partial charge is 0.331 e. The van der Waals surface area contributed by atoms with E-state index in [9.17, 15) is 4.79 Å². The second-order valence-electron chi connectivity index (χ2n) is 10.8. The molecule has 1 aromatic carbocycles. The van der Waals surface area contributed by atoms with Crippen molar-refractivity contribution in [1.82, 2.24) is 0 Å². The summed E-state index contributed by atoms with van der Waals surface area (Å²) in [5.41, 5.74) is 2.11. The molecule has 0 radical (unpaired) electrons. The highest BCUT2D eigenvalue weighted by molar-refractivity contribution is 5.82. The topological polar surface area (TPSA) is 63.2 Å². The van der Waals surface area contributed by atoms with Crippen molar-refractivity contribution in [2.45, 2.75) is 103 Å². The molecule has 4 bridgehead atoms. The quantitative estimate of drug-likeness (QED) is 0.302. The summed E-state index contributed by atoms with van der Waals surface area (Å²) in [5.74, 6) is -1.81. The van der Waals surface area contributed by atoms with E-state index in [4.69, 9.17) is 23.7 Å². The lowest BCUT2D eigenvalue weighted by atomic mass is 9.96. The lowest BCUT2D eigenvalue weighted by molar-refractivity contribution is -0.292.